The highest BCUT2D eigenvalue weighted by atomic mass is 14.9. The highest BCUT2D eigenvalue weighted by molar-refractivity contribution is 5.91. The van der Waals surface area contributed by atoms with E-state index >= 15 is 0 Å². The quantitative estimate of drug-likeness (QED) is 0.184. The molecule has 0 aliphatic heterocycles. The van der Waals surface area contributed by atoms with E-state index in [0.29, 0.717) is 11.5 Å². The van der Waals surface area contributed by atoms with Gasteiger partial charge in [0.1, 0.15) is 0 Å². The molecular formula is C44H31N3. The van der Waals surface area contributed by atoms with Crippen molar-refractivity contribution in [3.63, 3.8) is 0 Å². The Morgan fingerprint density at radius 1 is 0.468 bits per heavy atom. The maximum absolute atomic E-state index is 7.76. The van der Waals surface area contributed by atoms with E-state index in [-0.39, 0.29) is 5.41 Å². The Kier molecular flexibility index (Phi) is 6.85. The van der Waals surface area contributed by atoms with Crippen molar-refractivity contribution in [2.45, 2.75) is 19.3 Å². The molecule has 0 bridgehead atoms. The second-order valence-electron chi connectivity index (χ2n) is 12.5. The SMILES string of the molecule is [C-]#[N+]c1cccc2c1-c1ccc(-c3cccc(-c4cc(-c5ccc(-c6ccccc6)cc5)nc(-c5ccccc5)n4)c3)cc1C2(C)C. The molecule has 1 aliphatic rings. The zero-order valence-electron chi connectivity index (χ0n) is 26.3. The Hall–Kier alpha value is -6.11. The van der Waals surface area contributed by atoms with Gasteiger partial charge >= 0.3 is 0 Å². The fraction of sp³-hybridized carbons (Fsp3) is 0.0682. The van der Waals surface area contributed by atoms with Gasteiger partial charge < -0.3 is 0 Å². The van der Waals surface area contributed by atoms with Crippen LogP contribution in [0.15, 0.2) is 152 Å². The third-order valence-corrected chi connectivity index (χ3v) is 9.34. The van der Waals surface area contributed by atoms with Gasteiger partial charge in [-0.05, 0) is 62.7 Å². The molecular weight excluding hydrogens is 571 g/mol. The topological polar surface area (TPSA) is 30.1 Å². The van der Waals surface area contributed by atoms with Gasteiger partial charge in [0, 0.05) is 22.1 Å². The summed E-state index contributed by atoms with van der Waals surface area (Å²) in [6, 6.07) is 52.7. The zero-order chi connectivity index (χ0) is 32.0. The third-order valence-electron chi connectivity index (χ3n) is 9.34. The number of nitrogens with zero attached hydrogens (tertiary/aromatic N) is 3. The summed E-state index contributed by atoms with van der Waals surface area (Å²) in [5.41, 5.74) is 14.6. The lowest BCUT2D eigenvalue weighted by atomic mass is 9.81. The lowest BCUT2D eigenvalue weighted by molar-refractivity contribution is 0.661. The largest absolute Gasteiger partial charge is 0.238 e. The first-order valence-electron chi connectivity index (χ1n) is 15.9. The standard InChI is InChI=1S/C44H31N3/c1-44(2)37-18-11-19-39(45-3)42(37)36-25-24-34(27-38(36)44)33-16-10-17-35(26-33)41-28-40(46-43(47-41)32-14-8-5-9-15-32)31-22-20-30(21-23-31)29-12-6-4-7-13-29/h4-28H,1-2H3. The molecule has 222 valence electrons. The Morgan fingerprint density at radius 3 is 1.74 bits per heavy atom. The van der Waals surface area contributed by atoms with E-state index in [0.717, 1.165) is 50.3 Å². The lowest BCUT2D eigenvalue weighted by Gasteiger charge is -2.22. The Balaban J connectivity index is 1.21. The molecule has 0 fully saturated rings. The van der Waals surface area contributed by atoms with Gasteiger partial charge in [-0.25, -0.2) is 14.8 Å². The van der Waals surface area contributed by atoms with Crippen LogP contribution in [0.4, 0.5) is 5.69 Å². The summed E-state index contributed by atoms with van der Waals surface area (Å²) in [7, 11) is 0. The van der Waals surface area contributed by atoms with Gasteiger partial charge in [-0.3, -0.25) is 0 Å². The average molecular weight is 602 g/mol. The smallest absolute Gasteiger partial charge is 0.195 e. The summed E-state index contributed by atoms with van der Waals surface area (Å²) in [4.78, 5) is 14.0. The maximum Gasteiger partial charge on any atom is 0.195 e. The first-order valence-corrected chi connectivity index (χ1v) is 15.9. The summed E-state index contributed by atoms with van der Waals surface area (Å²) < 4.78 is 0. The molecule has 0 radical (unpaired) electrons. The molecule has 0 saturated heterocycles. The molecule has 1 aromatic heterocycles. The van der Waals surface area contributed by atoms with E-state index in [4.69, 9.17) is 16.5 Å². The van der Waals surface area contributed by atoms with E-state index in [1.54, 1.807) is 0 Å². The fourth-order valence-electron chi connectivity index (χ4n) is 6.82. The van der Waals surface area contributed by atoms with Gasteiger partial charge in [0.2, 0.25) is 0 Å². The molecule has 0 N–H and O–H groups in total. The number of benzene rings is 6. The second-order valence-corrected chi connectivity index (χ2v) is 12.5. The van der Waals surface area contributed by atoms with Crippen molar-refractivity contribution >= 4 is 5.69 Å². The second kappa shape index (κ2) is 11.4. The number of hydrogen-bond donors (Lipinski definition) is 0. The van der Waals surface area contributed by atoms with Crippen LogP contribution in [-0.4, -0.2) is 9.97 Å². The van der Waals surface area contributed by atoms with Crippen molar-refractivity contribution in [3.8, 4) is 67.3 Å². The van der Waals surface area contributed by atoms with Gasteiger partial charge in [0.05, 0.1) is 18.0 Å². The predicted octanol–water partition coefficient (Wildman–Crippen LogP) is 11.7. The van der Waals surface area contributed by atoms with Gasteiger partial charge in [-0.1, -0.05) is 147 Å². The molecule has 1 aliphatic carbocycles. The van der Waals surface area contributed by atoms with Gasteiger partial charge in [-0.2, -0.15) is 0 Å². The Morgan fingerprint density at radius 2 is 1.02 bits per heavy atom. The fourth-order valence-corrected chi connectivity index (χ4v) is 6.82. The molecule has 0 spiro atoms. The number of hydrogen-bond acceptors (Lipinski definition) is 2. The summed E-state index contributed by atoms with van der Waals surface area (Å²) >= 11 is 0. The van der Waals surface area contributed by atoms with Crippen LogP contribution in [0.2, 0.25) is 0 Å². The molecule has 3 heteroatoms. The van der Waals surface area contributed by atoms with Gasteiger partial charge in [0.15, 0.2) is 11.5 Å². The van der Waals surface area contributed by atoms with E-state index in [2.05, 4.69) is 134 Å². The molecule has 3 nitrogen and oxygen atoms in total. The number of aromatic nitrogens is 2. The van der Waals surface area contributed by atoms with Gasteiger partial charge in [-0.15, -0.1) is 0 Å². The lowest BCUT2D eigenvalue weighted by Crippen LogP contribution is -2.14. The summed E-state index contributed by atoms with van der Waals surface area (Å²) in [5, 5.41) is 0. The minimum absolute atomic E-state index is 0.193. The molecule has 47 heavy (non-hydrogen) atoms. The normalized spacial score (nSPS) is 12.6. The number of fused-ring (bicyclic) bond motifs is 3. The molecule has 0 atom stereocenters. The molecule has 1 heterocycles. The molecule has 6 aromatic carbocycles. The Labute approximate surface area is 275 Å². The summed E-state index contributed by atoms with van der Waals surface area (Å²) in [6.07, 6.45) is 0. The summed E-state index contributed by atoms with van der Waals surface area (Å²) in [6.45, 7) is 12.3. The van der Waals surface area contributed by atoms with Crippen LogP contribution in [0.25, 0.3) is 72.1 Å². The predicted molar refractivity (Wildman–Crippen MR) is 193 cm³/mol. The molecule has 0 amide bonds. The zero-order valence-corrected chi connectivity index (χ0v) is 26.3. The molecule has 0 saturated carbocycles. The van der Waals surface area contributed by atoms with Crippen LogP contribution in [0.3, 0.4) is 0 Å². The van der Waals surface area contributed by atoms with Crippen LogP contribution in [0, 0.1) is 6.57 Å². The van der Waals surface area contributed by atoms with Crippen molar-refractivity contribution in [2.75, 3.05) is 0 Å². The van der Waals surface area contributed by atoms with E-state index in [1.165, 1.54) is 22.3 Å². The van der Waals surface area contributed by atoms with Crippen molar-refractivity contribution in [3.05, 3.63) is 174 Å². The van der Waals surface area contributed by atoms with Crippen molar-refractivity contribution < 1.29 is 0 Å². The highest BCUT2D eigenvalue weighted by Gasteiger charge is 2.36. The van der Waals surface area contributed by atoms with Crippen LogP contribution in [0.5, 0.6) is 0 Å². The monoisotopic (exact) mass is 601 g/mol. The summed E-state index contributed by atoms with van der Waals surface area (Å²) in [5.74, 6) is 0.697. The average Bonchev–Trinajstić information content (AvgIpc) is 3.38. The minimum atomic E-state index is -0.193. The molecule has 8 rings (SSSR count). The van der Waals surface area contributed by atoms with E-state index in [1.807, 2.05) is 36.4 Å². The first-order chi connectivity index (χ1) is 23.0. The van der Waals surface area contributed by atoms with Crippen LogP contribution in [0.1, 0.15) is 25.0 Å². The minimum Gasteiger partial charge on any atom is -0.238 e. The van der Waals surface area contributed by atoms with Crippen molar-refractivity contribution in [1.29, 1.82) is 0 Å². The molecule has 7 aromatic rings. The highest BCUT2D eigenvalue weighted by Crippen LogP contribution is 2.53. The third kappa shape index (κ3) is 5.01. The Bertz CT molecular complexity index is 2310. The van der Waals surface area contributed by atoms with Crippen molar-refractivity contribution in [2.24, 2.45) is 0 Å². The first kappa shape index (κ1) is 28.4. The van der Waals surface area contributed by atoms with E-state index < -0.39 is 0 Å². The maximum atomic E-state index is 7.76. The van der Waals surface area contributed by atoms with E-state index in [9.17, 15) is 0 Å². The molecule has 0 unspecified atom stereocenters. The number of rotatable bonds is 5. The van der Waals surface area contributed by atoms with Gasteiger partial charge in [0.25, 0.3) is 0 Å². The van der Waals surface area contributed by atoms with Crippen LogP contribution < -0.4 is 0 Å². The van der Waals surface area contributed by atoms with Crippen LogP contribution >= 0.6 is 0 Å². The van der Waals surface area contributed by atoms with Crippen molar-refractivity contribution in [1.82, 2.24) is 9.97 Å². The van der Waals surface area contributed by atoms with Crippen LogP contribution in [-0.2, 0) is 5.41 Å².